The molecule has 0 aliphatic carbocycles. The standard InChI is InChI=1S/C19H23NO/c1-12-6-8-14(3)17(10-12)16(5)20-19(21)18-11-13(2)7-9-15(18)4/h6-11,16H,1-5H3,(H,20,21)/t16-/m0/s1. The van der Waals surface area contributed by atoms with Crippen molar-refractivity contribution in [3.8, 4) is 0 Å². The van der Waals surface area contributed by atoms with E-state index in [0.717, 1.165) is 16.7 Å². The Morgan fingerprint density at radius 3 is 2.14 bits per heavy atom. The molecule has 1 N–H and O–H groups in total. The van der Waals surface area contributed by atoms with E-state index < -0.39 is 0 Å². The first-order chi connectivity index (χ1) is 9.88. The quantitative estimate of drug-likeness (QED) is 0.887. The zero-order valence-corrected chi connectivity index (χ0v) is 13.4. The summed E-state index contributed by atoms with van der Waals surface area (Å²) in [5.41, 5.74) is 6.45. The molecule has 110 valence electrons. The molecule has 1 amide bonds. The van der Waals surface area contributed by atoms with Crippen molar-refractivity contribution in [1.82, 2.24) is 5.32 Å². The first-order valence-corrected chi connectivity index (χ1v) is 7.33. The topological polar surface area (TPSA) is 29.1 Å². The van der Waals surface area contributed by atoms with Gasteiger partial charge in [-0.3, -0.25) is 4.79 Å². The fourth-order valence-corrected chi connectivity index (χ4v) is 2.56. The second-order valence-electron chi connectivity index (χ2n) is 5.87. The van der Waals surface area contributed by atoms with Crippen LogP contribution in [0, 0.1) is 27.7 Å². The Kier molecular flexibility index (Phi) is 4.46. The third kappa shape index (κ3) is 3.52. The van der Waals surface area contributed by atoms with Gasteiger partial charge in [-0.05, 0) is 57.4 Å². The molecule has 2 aromatic rings. The number of amides is 1. The third-order valence-electron chi connectivity index (χ3n) is 3.89. The Bertz CT molecular complexity index is 673. The van der Waals surface area contributed by atoms with Crippen molar-refractivity contribution in [1.29, 1.82) is 0 Å². The van der Waals surface area contributed by atoms with Gasteiger partial charge in [0.25, 0.3) is 5.91 Å². The highest BCUT2D eigenvalue weighted by molar-refractivity contribution is 5.96. The Balaban J connectivity index is 2.23. The molecule has 0 aliphatic rings. The molecule has 2 aromatic carbocycles. The van der Waals surface area contributed by atoms with E-state index in [-0.39, 0.29) is 11.9 Å². The van der Waals surface area contributed by atoms with E-state index in [0.29, 0.717) is 0 Å². The van der Waals surface area contributed by atoms with Crippen molar-refractivity contribution >= 4 is 5.91 Å². The SMILES string of the molecule is Cc1ccc(C)c(C(=O)N[C@@H](C)c2cc(C)ccc2C)c1. The summed E-state index contributed by atoms with van der Waals surface area (Å²) in [6.07, 6.45) is 0. The summed E-state index contributed by atoms with van der Waals surface area (Å²) < 4.78 is 0. The second kappa shape index (κ2) is 6.13. The van der Waals surface area contributed by atoms with Crippen molar-refractivity contribution in [2.24, 2.45) is 0 Å². The van der Waals surface area contributed by atoms with E-state index in [1.54, 1.807) is 0 Å². The van der Waals surface area contributed by atoms with E-state index >= 15 is 0 Å². The van der Waals surface area contributed by atoms with Crippen LogP contribution in [0.4, 0.5) is 0 Å². The molecular formula is C19H23NO. The van der Waals surface area contributed by atoms with Crippen LogP contribution >= 0.6 is 0 Å². The lowest BCUT2D eigenvalue weighted by Gasteiger charge is -2.18. The highest BCUT2D eigenvalue weighted by Crippen LogP contribution is 2.20. The maximum atomic E-state index is 12.5. The number of carbonyl (C=O) groups excluding carboxylic acids is 1. The monoisotopic (exact) mass is 281 g/mol. The number of carbonyl (C=O) groups is 1. The van der Waals surface area contributed by atoms with Gasteiger partial charge in [0.2, 0.25) is 0 Å². The lowest BCUT2D eigenvalue weighted by molar-refractivity contribution is 0.0939. The van der Waals surface area contributed by atoms with Crippen LogP contribution in [0.3, 0.4) is 0 Å². The van der Waals surface area contributed by atoms with Crippen molar-refractivity contribution in [3.63, 3.8) is 0 Å². The van der Waals surface area contributed by atoms with Gasteiger partial charge < -0.3 is 5.32 Å². The molecular weight excluding hydrogens is 258 g/mol. The lowest BCUT2D eigenvalue weighted by atomic mass is 9.99. The van der Waals surface area contributed by atoms with E-state index in [1.807, 2.05) is 39.0 Å². The molecule has 0 saturated heterocycles. The molecule has 21 heavy (non-hydrogen) atoms. The van der Waals surface area contributed by atoms with Crippen LogP contribution in [0.2, 0.25) is 0 Å². The summed E-state index contributed by atoms with van der Waals surface area (Å²) in [6.45, 7) is 10.2. The second-order valence-corrected chi connectivity index (χ2v) is 5.87. The predicted molar refractivity (Wildman–Crippen MR) is 87.7 cm³/mol. The van der Waals surface area contributed by atoms with E-state index in [1.165, 1.54) is 16.7 Å². The molecule has 0 saturated carbocycles. The van der Waals surface area contributed by atoms with Crippen LogP contribution in [0.25, 0.3) is 0 Å². The molecule has 0 spiro atoms. The minimum Gasteiger partial charge on any atom is -0.345 e. The van der Waals surface area contributed by atoms with Gasteiger partial charge in [-0.1, -0.05) is 41.5 Å². The molecule has 0 unspecified atom stereocenters. The van der Waals surface area contributed by atoms with Crippen LogP contribution < -0.4 is 5.32 Å². The Hall–Kier alpha value is -2.09. The smallest absolute Gasteiger partial charge is 0.252 e. The minimum atomic E-state index is -0.00962. The first kappa shape index (κ1) is 15.3. The highest BCUT2D eigenvalue weighted by Gasteiger charge is 2.15. The Morgan fingerprint density at radius 2 is 1.48 bits per heavy atom. The molecule has 0 bridgehead atoms. The average molecular weight is 281 g/mol. The van der Waals surface area contributed by atoms with Gasteiger partial charge in [0.15, 0.2) is 0 Å². The van der Waals surface area contributed by atoms with Crippen LogP contribution in [-0.4, -0.2) is 5.91 Å². The first-order valence-electron chi connectivity index (χ1n) is 7.33. The maximum absolute atomic E-state index is 12.5. The Labute approximate surface area is 127 Å². The average Bonchev–Trinajstić information content (AvgIpc) is 2.43. The number of benzene rings is 2. The number of rotatable bonds is 3. The van der Waals surface area contributed by atoms with Crippen molar-refractivity contribution in [3.05, 3.63) is 69.8 Å². The summed E-state index contributed by atoms with van der Waals surface area (Å²) in [5, 5.41) is 3.11. The van der Waals surface area contributed by atoms with Gasteiger partial charge in [0.1, 0.15) is 0 Å². The molecule has 2 heteroatoms. The largest absolute Gasteiger partial charge is 0.345 e. The molecule has 0 radical (unpaired) electrons. The molecule has 0 aliphatic heterocycles. The van der Waals surface area contributed by atoms with Gasteiger partial charge in [-0.25, -0.2) is 0 Å². The van der Waals surface area contributed by atoms with Crippen molar-refractivity contribution in [2.45, 2.75) is 40.7 Å². The highest BCUT2D eigenvalue weighted by atomic mass is 16.1. The van der Waals surface area contributed by atoms with Crippen LogP contribution in [0.15, 0.2) is 36.4 Å². The molecule has 2 rings (SSSR count). The summed E-state index contributed by atoms with van der Waals surface area (Å²) in [5.74, 6) is -0.00962. The fraction of sp³-hybridized carbons (Fsp3) is 0.316. The zero-order valence-electron chi connectivity index (χ0n) is 13.4. The summed E-state index contributed by atoms with van der Waals surface area (Å²) in [4.78, 5) is 12.5. The minimum absolute atomic E-state index is 0.00249. The molecule has 0 aromatic heterocycles. The van der Waals surface area contributed by atoms with Gasteiger partial charge in [0.05, 0.1) is 6.04 Å². The number of nitrogens with one attached hydrogen (secondary N) is 1. The number of aryl methyl sites for hydroxylation is 4. The molecule has 0 fully saturated rings. The van der Waals surface area contributed by atoms with Gasteiger partial charge in [-0.2, -0.15) is 0 Å². The summed E-state index contributed by atoms with van der Waals surface area (Å²) in [6, 6.07) is 12.3. The van der Waals surface area contributed by atoms with E-state index in [9.17, 15) is 4.79 Å². The van der Waals surface area contributed by atoms with Gasteiger partial charge in [0, 0.05) is 5.56 Å². The number of hydrogen-bond donors (Lipinski definition) is 1. The predicted octanol–water partition coefficient (Wildman–Crippen LogP) is 4.41. The van der Waals surface area contributed by atoms with E-state index in [4.69, 9.17) is 0 Å². The maximum Gasteiger partial charge on any atom is 0.252 e. The summed E-state index contributed by atoms with van der Waals surface area (Å²) in [7, 11) is 0. The molecule has 0 heterocycles. The van der Waals surface area contributed by atoms with Crippen LogP contribution in [0.1, 0.15) is 51.1 Å². The molecule has 1 atom stereocenters. The third-order valence-corrected chi connectivity index (χ3v) is 3.89. The van der Waals surface area contributed by atoms with Crippen molar-refractivity contribution < 1.29 is 4.79 Å². The normalized spacial score (nSPS) is 12.0. The van der Waals surface area contributed by atoms with Gasteiger partial charge >= 0.3 is 0 Å². The fourth-order valence-electron chi connectivity index (χ4n) is 2.56. The Morgan fingerprint density at radius 1 is 0.905 bits per heavy atom. The lowest BCUT2D eigenvalue weighted by Crippen LogP contribution is -2.27. The van der Waals surface area contributed by atoms with Crippen molar-refractivity contribution in [2.75, 3.05) is 0 Å². The number of hydrogen-bond acceptors (Lipinski definition) is 1. The molecule has 2 nitrogen and oxygen atoms in total. The van der Waals surface area contributed by atoms with Crippen LogP contribution in [0.5, 0.6) is 0 Å². The van der Waals surface area contributed by atoms with Crippen LogP contribution in [-0.2, 0) is 0 Å². The zero-order chi connectivity index (χ0) is 15.6. The summed E-state index contributed by atoms with van der Waals surface area (Å²) >= 11 is 0. The van der Waals surface area contributed by atoms with E-state index in [2.05, 4.69) is 37.4 Å². The van der Waals surface area contributed by atoms with Gasteiger partial charge in [-0.15, -0.1) is 0 Å².